The molecule has 1 heterocycles. The van der Waals surface area contributed by atoms with Crippen molar-refractivity contribution in [3.8, 4) is 0 Å². The first-order valence-corrected chi connectivity index (χ1v) is 8.11. The summed E-state index contributed by atoms with van der Waals surface area (Å²) in [5, 5.41) is 3.87. The number of likely N-dealkylation sites (tertiary alicyclic amines) is 1. The fourth-order valence-electron chi connectivity index (χ4n) is 3.00. The van der Waals surface area contributed by atoms with Crippen LogP contribution in [-0.2, 0) is 10.3 Å². The van der Waals surface area contributed by atoms with Gasteiger partial charge in [0.05, 0.1) is 11.5 Å². The van der Waals surface area contributed by atoms with Crippen LogP contribution in [0.1, 0.15) is 39.2 Å². The zero-order valence-corrected chi connectivity index (χ0v) is 13.9. The largest absolute Gasteiger partial charge is 0.347 e. The Balaban J connectivity index is 2.06. The van der Waals surface area contributed by atoms with Gasteiger partial charge in [-0.25, -0.2) is 0 Å². The van der Waals surface area contributed by atoms with Crippen LogP contribution in [0.25, 0.3) is 0 Å². The van der Waals surface area contributed by atoms with E-state index in [-0.39, 0.29) is 11.8 Å². The zero-order chi connectivity index (χ0) is 15.5. The summed E-state index contributed by atoms with van der Waals surface area (Å²) in [5.41, 5.74) is 0.507. The Morgan fingerprint density at radius 1 is 1.43 bits per heavy atom. The second-order valence-electron chi connectivity index (χ2n) is 6.33. The second-order valence-corrected chi connectivity index (χ2v) is 6.73. The van der Waals surface area contributed by atoms with E-state index in [4.69, 9.17) is 11.6 Å². The van der Waals surface area contributed by atoms with E-state index in [1.54, 1.807) is 0 Å². The Bertz CT molecular complexity index is 501. The lowest BCUT2D eigenvalue weighted by molar-refractivity contribution is -0.128. The number of benzene rings is 1. The molecule has 4 heteroatoms. The van der Waals surface area contributed by atoms with E-state index in [1.807, 2.05) is 38.1 Å². The molecule has 1 saturated heterocycles. The molecule has 0 bridgehead atoms. The molecule has 1 fully saturated rings. The van der Waals surface area contributed by atoms with Crippen LogP contribution in [0.3, 0.4) is 0 Å². The smallest absolute Gasteiger partial charge is 0.225 e. The number of nitrogens with zero attached hydrogens (tertiary/aromatic N) is 1. The zero-order valence-electron chi connectivity index (χ0n) is 13.2. The van der Waals surface area contributed by atoms with Gasteiger partial charge >= 0.3 is 0 Å². The maximum absolute atomic E-state index is 12.6. The Morgan fingerprint density at radius 2 is 2.14 bits per heavy atom. The summed E-state index contributed by atoms with van der Waals surface area (Å²) >= 11 is 6.26. The van der Waals surface area contributed by atoms with Crippen LogP contribution < -0.4 is 5.32 Å². The van der Waals surface area contributed by atoms with E-state index in [0.717, 1.165) is 38.0 Å². The molecule has 1 aliphatic rings. The monoisotopic (exact) mass is 308 g/mol. The molecule has 2 rings (SSSR count). The van der Waals surface area contributed by atoms with Crippen LogP contribution in [0.5, 0.6) is 0 Å². The molecule has 0 radical (unpaired) electrons. The van der Waals surface area contributed by atoms with Crippen molar-refractivity contribution in [1.29, 1.82) is 0 Å². The lowest BCUT2D eigenvalue weighted by Crippen LogP contribution is -2.48. The fourth-order valence-corrected chi connectivity index (χ4v) is 3.37. The topological polar surface area (TPSA) is 32.3 Å². The van der Waals surface area contributed by atoms with Crippen molar-refractivity contribution in [3.63, 3.8) is 0 Å². The van der Waals surface area contributed by atoms with Crippen molar-refractivity contribution in [2.24, 2.45) is 5.92 Å². The fraction of sp³-hybridized carbons (Fsp3) is 0.588. The van der Waals surface area contributed by atoms with Crippen molar-refractivity contribution >= 4 is 17.5 Å². The van der Waals surface area contributed by atoms with Crippen LogP contribution in [-0.4, -0.2) is 30.4 Å². The van der Waals surface area contributed by atoms with Gasteiger partial charge in [0.2, 0.25) is 5.91 Å². The van der Waals surface area contributed by atoms with E-state index in [0.29, 0.717) is 5.02 Å². The van der Waals surface area contributed by atoms with Gasteiger partial charge in [-0.15, -0.1) is 0 Å². The summed E-state index contributed by atoms with van der Waals surface area (Å²) in [5.74, 6) is 0.221. The molecule has 1 N–H and O–H groups in total. The summed E-state index contributed by atoms with van der Waals surface area (Å²) in [6.45, 7) is 9.14. The Labute approximate surface area is 132 Å². The minimum atomic E-state index is -0.454. The number of carbonyl (C=O) groups is 1. The van der Waals surface area contributed by atoms with Crippen LogP contribution in [0.2, 0.25) is 5.02 Å². The molecular formula is C17H25ClN2O. The molecule has 1 aromatic carbocycles. The number of hydrogen-bond acceptors (Lipinski definition) is 2. The average Bonchev–Trinajstić information content (AvgIpc) is 2.47. The van der Waals surface area contributed by atoms with Crippen molar-refractivity contribution in [2.75, 3.05) is 19.6 Å². The highest BCUT2D eigenvalue weighted by molar-refractivity contribution is 6.31. The highest BCUT2D eigenvalue weighted by Gasteiger charge is 2.30. The molecule has 1 aliphatic heterocycles. The van der Waals surface area contributed by atoms with Gasteiger partial charge in [0.1, 0.15) is 0 Å². The van der Waals surface area contributed by atoms with E-state index in [1.165, 1.54) is 0 Å². The van der Waals surface area contributed by atoms with Gasteiger partial charge in [-0.3, -0.25) is 4.79 Å². The Kier molecular flexibility index (Phi) is 5.28. The first kappa shape index (κ1) is 16.3. The summed E-state index contributed by atoms with van der Waals surface area (Å²) in [4.78, 5) is 14.9. The average molecular weight is 309 g/mol. The lowest BCUT2D eigenvalue weighted by Gasteiger charge is -2.34. The normalized spacial score (nSPS) is 20.3. The van der Waals surface area contributed by atoms with Crippen molar-refractivity contribution in [3.05, 3.63) is 34.9 Å². The number of nitrogens with one attached hydrogen (secondary N) is 1. The van der Waals surface area contributed by atoms with E-state index in [9.17, 15) is 4.79 Å². The first-order chi connectivity index (χ1) is 9.94. The minimum absolute atomic E-state index is 0.0838. The molecule has 1 amide bonds. The van der Waals surface area contributed by atoms with Gasteiger partial charge in [0.15, 0.2) is 0 Å². The van der Waals surface area contributed by atoms with Crippen LogP contribution >= 0.6 is 11.6 Å². The van der Waals surface area contributed by atoms with Gasteiger partial charge in [-0.1, -0.05) is 36.7 Å². The number of piperidine rings is 1. The molecule has 21 heavy (non-hydrogen) atoms. The van der Waals surface area contributed by atoms with Crippen LogP contribution in [0.4, 0.5) is 0 Å². The molecule has 3 nitrogen and oxygen atoms in total. The van der Waals surface area contributed by atoms with Crippen molar-refractivity contribution in [1.82, 2.24) is 10.2 Å². The van der Waals surface area contributed by atoms with Gasteiger partial charge in [0, 0.05) is 11.6 Å². The summed E-state index contributed by atoms with van der Waals surface area (Å²) in [7, 11) is 0. The number of amides is 1. The highest BCUT2D eigenvalue weighted by atomic mass is 35.5. The number of halogens is 1. The molecule has 1 atom stereocenters. The minimum Gasteiger partial charge on any atom is -0.347 e. The Hall–Kier alpha value is -1.06. The highest BCUT2D eigenvalue weighted by Crippen LogP contribution is 2.28. The Morgan fingerprint density at radius 3 is 2.81 bits per heavy atom. The molecule has 1 unspecified atom stereocenters. The maximum atomic E-state index is 12.6. The van der Waals surface area contributed by atoms with Crippen LogP contribution in [0.15, 0.2) is 24.3 Å². The van der Waals surface area contributed by atoms with E-state index < -0.39 is 5.54 Å². The van der Waals surface area contributed by atoms with Crippen molar-refractivity contribution < 1.29 is 4.79 Å². The third-order valence-electron chi connectivity index (χ3n) is 4.31. The third-order valence-corrected chi connectivity index (χ3v) is 4.64. The lowest BCUT2D eigenvalue weighted by atomic mass is 9.91. The molecule has 116 valence electrons. The van der Waals surface area contributed by atoms with Gasteiger partial charge < -0.3 is 10.2 Å². The van der Waals surface area contributed by atoms with Crippen LogP contribution in [0, 0.1) is 5.92 Å². The van der Waals surface area contributed by atoms with E-state index >= 15 is 0 Å². The SMILES string of the molecule is CCN1CCCC(C(=O)NC(C)(C)c2ccccc2Cl)C1. The molecule has 0 aromatic heterocycles. The standard InChI is InChI=1S/C17H25ClN2O/c1-4-20-11-7-8-13(12-20)16(21)19-17(2,3)14-9-5-6-10-15(14)18/h5-6,9-10,13H,4,7-8,11-12H2,1-3H3,(H,19,21). The van der Waals surface area contributed by atoms with Gasteiger partial charge in [0.25, 0.3) is 0 Å². The predicted octanol–water partition coefficient (Wildman–Crippen LogP) is 3.42. The third kappa shape index (κ3) is 3.98. The summed E-state index contributed by atoms with van der Waals surface area (Å²) in [6, 6.07) is 7.70. The quantitative estimate of drug-likeness (QED) is 0.924. The van der Waals surface area contributed by atoms with Gasteiger partial charge in [-0.2, -0.15) is 0 Å². The molecule has 0 aliphatic carbocycles. The predicted molar refractivity (Wildman–Crippen MR) is 87.5 cm³/mol. The molecular weight excluding hydrogens is 284 g/mol. The number of hydrogen-bond donors (Lipinski definition) is 1. The maximum Gasteiger partial charge on any atom is 0.225 e. The number of rotatable bonds is 4. The first-order valence-electron chi connectivity index (χ1n) is 7.73. The number of carbonyl (C=O) groups excluding carboxylic acids is 1. The van der Waals surface area contributed by atoms with E-state index in [2.05, 4.69) is 17.1 Å². The molecule has 1 aromatic rings. The second kappa shape index (κ2) is 6.80. The summed E-state index contributed by atoms with van der Waals surface area (Å²) in [6.07, 6.45) is 2.07. The summed E-state index contributed by atoms with van der Waals surface area (Å²) < 4.78 is 0. The molecule has 0 spiro atoms. The van der Waals surface area contributed by atoms with Gasteiger partial charge in [-0.05, 0) is 51.4 Å². The van der Waals surface area contributed by atoms with Crippen molar-refractivity contribution in [2.45, 2.75) is 39.2 Å². The molecule has 0 saturated carbocycles.